The number of piperidine rings is 2. The molecule has 4 aliphatic rings. The second-order valence-corrected chi connectivity index (χ2v) is 13.3. The number of hydrogen-bond donors (Lipinski definition) is 1. The molecule has 3 aromatic rings. The zero-order valence-electron chi connectivity index (χ0n) is 27.3. The quantitative estimate of drug-likeness (QED) is 0.222. The van der Waals surface area contributed by atoms with E-state index in [1.807, 2.05) is 19.1 Å². The molecule has 0 aliphatic carbocycles. The summed E-state index contributed by atoms with van der Waals surface area (Å²) >= 11 is 5.52. The summed E-state index contributed by atoms with van der Waals surface area (Å²) in [6, 6.07) is 7.70. The number of cyclic esters (lactones) is 1. The molecule has 7 rings (SSSR count). The molecule has 6 heterocycles. The van der Waals surface area contributed by atoms with Crippen molar-refractivity contribution < 1.29 is 28.6 Å². The first-order valence-corrected chi connectivity index (χ1v) is 17.3. The van der Waals surface area contributed by atoms with E-state index in [0.29, 0.717) is 53.8 Å². The molecule has 0 radical (unpaired) electrons. The van der Waals surface area contributed by atoms with Gasteiger partial charge in [0.1, 0.15) is 18.9 Å². The third-order valence-corrected chi connectivity index (χ3v) is 10.6. The zero-order valence-corrected chi connectivity index (χ0v) is 28.1. The van der Waals surface area contributed by atoms with Crippen LogP contribution in [0.5, 0.6) is 5.75 Å². The fourth-order valence-corrected chi connectivity index (χ4v) is 8.02. The lowest BCUT2D eigenvalue weighted by Gasteiger charge is -2.39. The Hall–Kier alpha value is -4.00. The van der Waals surface area contributed by atoms with Gasteiger partial charge in [0.05, 0.1) is 29.0 Å². The van der Waals surface area contributed by atoms with Crippen molar-refractivity contribution in [2.24, 2.45) is 0 Å². The van der Waals surface area contributed by atoms with Crippen LogP contribution in [0.2, 0.25) is 0 Å². The Morgan fingerprint density at radius 3 is 2.54 bits per heavy atom. The van der Waals surface area contributed by atoms with Crippen LogP contribution in [-0.2, 0) is 44.2 Å². The molecule has 48 heavy (non-hydrogen) atoms. The topological polar surface area (TPSA) is 132 Å². The van der Waals surface area contributed by atoms with E-state index in [0.717, 1.165) is 42.4 Å². The number of aromatic nitrogens is 2. The molecule has 0 bridgehead atoms. The highest BCUT2D eigenvalue weighted by atomic mass is 35.5. The van der Waals surface area contributed by atoms with Gasteiger partial charge in [0.15, 0.2) is 0 Å². The van der Waals surface area contributed by atoms with Gasteiger partial charge in [-0.25, -0.2) is 19.4 Å². The zero-order chi connectivity index (χ0) is 33.6. The molecule has 0 saturated carbocycles. The number of rotatable bonds is 7. The SMILES string of the molecule is CCc1c2c(nc3ccc(OC(=O)N4CCC(N5CCCCC5)CC4)cc13)-c1cc3c(c(=O)n1C2)COC(=O)[C@@]3(CC)OC(=O)CNCl. The standard InChI is InChI=1S/C35H40ClN5O7/c1-3-23-24-16-22(47-34(45)40-14-10-21(11-15-40)39-12-6-5-7-13-39)8-9-28(24)38-31-25(23)19-41-29(31)17-27-26(32(41)43)20-46-33(44)35(27,4-2)48-30(42)18-37-36/h8-9,16-17,21,37H,3-7,10-15,18-20H2,1-2H3/t35-/m0/s1. The molecular formula is C35H40ClN5O7. The highest BCUT2D eigenvalue weighted by molar-refractivity contribution is 6.14. The van der Waals surface area contributed by atoms with Crippen molar-refractivity contribution in [3.05, 3.63) is 56.9 Å². The fourth-order valence-electron chi connectivity index (χ4n) is 7.91. The predicted molar refractivity (Wildman–Crippen MR) is 178 cm³/mol. The van der Waals surface area contributed by atoms with E-state index in [4.69, 9.17) is 31.0 Å². The van der Waals surface area contributed by atoms with Gasteiger partial charge in [-0.05, 0) is 93.2 Å². The normalized spacial score (nSPS) is 21.0. The number of likely N-dealkylation sites (tertiary alicyclic amines) is 2. The van der Waals surface area contributed by atoms with Crippen LogP contribution in [0.25, 0.3) is 22.3 Å². The smallest absolute Gasteiger partial charge is 0.415 e. The summed E-state index contributed by atoms with van der Waals surface area (Å²) < 4.78 is 18.6. The third kappa shape index (κ3) is 5.53. The van der Waals surface area contributed by atoms with Gasteiger partial charge < -0.3 is 28.6 Å². The number of carbonyl (C=O) groups is 3. The summed E-state index contributed by atoms with van der Waals surface area (Å²) in [4.78, 5) is 64.4. The van der Waals surface area contributed by atoms with Crippen molar-refractivity contribution in [1.82, 2.24) is 24.2 Å². The third-order valence-electron chi connectivity index (χ3n) is 10.4. The minimum Gasteiger partial charge on any atom is -0.457 e. The van der Waals surface area contributed by atoms with Crippen molar-refractivity contribution in [3.63, 3.8) is 0 Å². The number of ether oxygens (including phenoxy) is 3. The number of esters is 2. The van der Waals surface area contributed by atoms with Crippen LogP contribution >= 0.6 is 11.8 Å². The summed E-state index contributed by atoms with van der Waals surface area (Å²) in [5.41, 5.74) is 2.16. The summed E-state index contributed by atoms with van der Waals surface area (Å²) in [5.74, 6) is -1.05. The number of amides is 1. The minimum absolute atomic E-state index is 0.0614. The molecule has 0 unspecified atom stereocenters. The average Bonchev–Trinajstić information content (AvgIpc) is 3.47. The first-order valence-electron chi connectivity index (χ1n) is 16.9. The Labute approximate surface area is 283 Å². The maximum Gasteiger partial charge on any atom is 0.415 e. The molecule has 13 heteroatoms. The van der Waals surface area contributed by atoms with E-state index >= 15 is 0 Å². The lowest BCUT2D eigenvalue weighted by Crippen LogP contribution is -2.48. The van der Waals surface area contributed by atoms with Crippen molar-refractivity contribution in [3.8, 4) is 17.1 Å². The van der Waals surface area contributed by atoms with Crippen molar-refractivity contribution in [2.45, 2.75) is 83.6 Å². The Bertz CT molecular complexity index is 1850. The lowest BCUT2D eigenvalue weighted by atomic mass is 9.85. The van der Waals surface area contributed by atoms with Crippen LogP contribution in [0.3, 0.4) is 0 Å². The molecular weight excluding hydrogens is 638 g/mol. The number of halogens is 1. The van der Waals surface area contributed by atoms with Gasteiger partial charge in [-0.15, -0.1) is 0 Å². The molecule has 1 N–H and O–H groups in total. The molecule has 2 fully saturated rings. The Morgan fingerprint density at radius 1 is 1.06 bits per heavy atom. The second-order valence-electron chi connectivity index (χ2n) is 13.0. The summed E-state index contributed by atoms with van der Waals surface area (Å²) in [6.07, 6.45) is 6.10. The summed E-state index contributed by atoms with van der Waals surface area (Å²) in [7, 11) is 0. The van der Waals surface area contributed by atoms with Gasteiger partial charge in [0, 0.05) is 35.6 Å². The van der Waals surface area contributed by atoms with Crippen LogP contribution in [0.15, 0.2) is 29.1 Å². The van der Waals surface area contributed by atoms with Gasteiger partial charge >= 0.3 is 18.0 Å². The maximum absolute atomic E-state index is 13.9. The Morgan fingerprint density at radius 2 is 1.83 bits per heavy atom. The molecule has 4 aliphatic heterocycles. The van der Waals surface area contributed by atoms with Crippen molar-refractivity contribution in [2.75, 3.05) is 32.7 Å². The first kappa shape index (κ1) is 32.5. The van der Waals surface area contributed by atoms with Gasteiger partial charge in [0.25, 0.3) is 5.56 Å². The molecule has 1 aromatic carbocycles. The summed E-state index contributed by atoms with van der Waals surface area (Å²) in [6.45, 7) is 7.12. The van der Waals surface area contributed by atoms with Gasteiger partial charge in [-0.3, -0.25) is 9.59 Å². The molecule has 1 atom stereocenters. The number of hydrogen-bond acceptors (Lipinski definition) is 10. The van der Waals surface area contributed by atoms with Crippen LogP contribution in [-0.4, -0.2) is 76.1 Å². The van der Waals surface area contributed by atoms with E-state index in [-0.39, 0.29) is 43.3 Å². The lowest BCUT2D eigenvalue weighted by molar-refractivity contribution is -0.188. The van der Waals surface area contributed by atoms with E-state index in [9.17, 15) is 19.2 Å². The molecule has 1 amide bonds. The predicted octanol–water partition coefficient (Wildman–Crippen LogP) is 4.39. The number of nitrogens with zero attached hydrogens (tertiary/aromatic N) is 4. The van der Waals surface area contributed by atoms with Gasteiger partial charge in [0.2, 0.25) is 5.60 Å². The largest absolute Gasteiger partial charge is 0.457 e. The highest BCUT2D eigenvalue weighted by Crippen LogP contribution is 2.42. The monoisotopic (exact) mass is 677 g/mol. The molecule has 2 saturated heterocycles. The summed E-state index contributed by atoms with van der Waals surface area (Å²) in [5, 5.41) is 0.847. The Balaban J connectivity index is 1.18. The molecule has 2 aromatic heterocycles. The highest BCUT2D eigenvalue weighted by Gasteiger charge is 2.50. The van der Waals surface area contributed by atoms with E-state index in [1.165, 1.54) is 19.3 Å². The van der Waals surface area contributed by atoms with Crippen LogP contribution in [0.4, 0.5) is 4.79 Å². The van der Waals surface area contributed by atoms with E-state index < -0.39 is 17.5 Å². The number of fused-ring (bicyclic) bond motifs is 5. The maximum atomic E-state index is 13.9. The minimum atomic E-state index is -1.79. The number of pyridine rings is 2. The molecule has 254 valence electrons. The van der Waals surface area contributed by atoms with Crippen LogP contribution < -0.4 is 15.1 Å². The van der Waals surface area contributed by atoms with Crippen molar-refractivity contribution in [1.29, 1.82) is 0 Å². The van der Waals surface area contributed by atoms with Crippen molar-refractivity contribution >= 4 is 40.7 Å². The van der Waals surface area contributed by atoms with E-state index in [1.54, 1.807) is 28.5 Å². The van der Waals surface area contributed by atoms with Gasteiger partial charge in [-0.1, -0.05) is 20.3 Å². The number of carbonyl (C=O) groups excluding carboxylic acids is 3. The Kier molecular flexibility index (Phi) is 8.90. The van der Waals surface area contributed by atoms with E-state index in [2.05, 4.69) is 9.74 Å². The molecule has 0 spiro atoms. The number of nitrogens with one attached hydrogen (secondary N) is 1. The number of aryl methyl sites for hydroxylation is 1. The van der Waals surface area contributed by atoms with Crippen LogP contribution in [0, 0.1) is 0 Å². The van der Waals surface area contributed by atoms with Crippen LogP contribution in [0.1, 0.15) is 74.6 Å². The average molecular weight is 678 g/mol. The fraction of sp³-hybridized carbons (Fsp3) is 0.514. The van der Waals surface area contributed by atoms with Gasteiger partial charge in [-0.2, -0.15) is 0 Å². The number of benzene rings is 1. The molecule has 12 nitrogen and oxygen atoms in total. The first-order chi connectivity index (χ1) is 23.3. The second kappa shape index (κ2) is 13.1.